The molecule has 1 saturated heterocycles. The second kappa shape index (κ2) is 6.10. The fourth-order valence-electron chi connectivity index (χ4n) is 2.39. The van der Waals surface area contributed by atoms with Crippen LogP contribution >= 0.6 is 11.8 Å². The summed E-state index contributed by atoms with van der Waals surface area (Å²) in [5.41, 5.74) is 1.80. The predicted molar refractivity (Wildman–Crippen MR) is 78.1 cm³/mol. The highest BCUT2D eigenvalue weighted by atomic mass is 32.2. The minimum atomic E-state index is 0.351. The van der Waals surface area contributed by atoms with Gasteiger partial charge >= 0.3 is 0 Å². The smallest absolute Gasteiger partial charge is 0.258 e. The average molecular weight is 285 g/mol. The van der Waals surface area contributed by atoms with Gasteiger partial charge in [-0.05, 0) is 30.2 Å². The van der Waals surface area contributed by atoms with E-state index >= 15 is 0 Å². The first kappa shape index (κ1) is 13.2. The van der Waals surface area contributed by atoms with Gasteiger partial charge in [-0.3, -0.25) is 0 Å². The van der Waals surface area contributed by atoms with Crippen LogP contribution in [0.2, 0.25) is 0 Å². The average Bonchev–Trinajstić information content (AvgIpc) is 2.99. The van der Waals surface area contributed by atoms with Gasteiger partial charge in [-0.1, -0.05) is 29.8 Å². The molecule has 1 aliphatic rings. The van der Waals surface area contributed by atoms with Crippen molar-refractivity contribution in [1.82, 2.24) is 10.1 Å². The van der Waals surface area contributed by atoms with E-state index in [1.165, 1.54) is 18.6 Å². The molecule has 1 aliphatic heterocycles. The summed E-state index contributed by atoms with van der Waals surface area (Å²) in [6.07, 6.45) is 3.97. The summed E-state index contributed by atoms with van der Waals surface area (Å²) in [6.45, 7) is 0. The predicted octanol–water partition coefficient (Wildman–Crippen LogP) is 3.76. The molecule has 5 heteroatoms. The van der Waals surface area contributed by atoms with E-state index in [-0.39, 0.29) is 0 Å². The molecular weight excluding hydrogens is 270 g/mol. The molecule has 0 radical (unpaired) electrons. The summed E-state index contributed by atoms with van der Waals surface area (Å²) < 4.78 is 5.41. The molecule has 1 aromatic heterocycles. The van der Waals surface area contributed by atoms with E-state index < -0.39 is 0 Å². The van der Waals surface area contributed by atoms with Gasteiger partial charge < -0.3 is 4.52 Å². The monoisotopic (exact) mass is 285 g/mol. The van der Waals surface area contributed by atoms with Crippen molar-refractivity contribution in [1.29, 1.82) is 5.26 Å². The Morgan fingerprint density at radius 3 is 3.05 bits per heavy atom. The number of nitriles is 1. The highest BCUT2D eigenvalue weighted by Gasteiger charge is 2.22. The first-order valence-electron chi connectivity index (χ1n) is 6.79. The summed E-state index contributed by atoms with van der Waals surface area (Å²) >= 11 is 1.90. The van der Waals surface area contributed by atoms with Gasteiger partial charge in [0.15, 0.2) is 5.82 Å². The van der Waals surface area contributed by atoms with Gasteiger partial charge in [-0.15, -0.1) is 0 Å². The zero-order chi connectivity index (χ0) is 13.8. The number of benzene rings is 1. The molecule has 0 saturated carbocycles. The second-order valence-electron chi connectivity index (χ2n) is 4.80. The minimum absolute atomic E-state index is 0.351. The maximum absolute atomic E-state index is 8.88. The van der Waals surface area contributed by atoms with Crippen LogP contribution in [-0.4, -0.2) is 15.9 Å². The molecule has 0 spiro atoms. The third-order valence-corrected chi connectivity index (χ3v) is 4.80. The maximum atomic E-state index is 8.88. The Bertz CT molecular complexity index is 626. The Morgan fingerprint density at radius 2 is 2.25 bits per heavy atom. The zero-order valence-electron chi connectivity index (χ0n) is 11.1. The van der Waals surface area contributed by atoms with Crippen LogP contribution in [-0.2, 0) is 6.42 Å². The standard InChI is InChI=1S/C15H15N3OS/c16-9-8-11-5-1-2-6-12(11)15-17-14(18-19-15)13-7-3-4-10-20-13/h1-2,5-6,13H,3-4,7-8,10H2. The third-order valence-electron chi connectivity index (χ3n) is 3.43. The summed E-state index contributed by atoms with van der Waals surface area (Å²) in [5.74, 6) is 2.48. The van der Waals surface area contributed by atoms with Crippen LogP contribution in [0, 0.1) is 11.3 Å². The number of rotatable bonds is 3. The van der Waals surface area contributed by atoms with E-state index in [9.17, 15) is 0 Å². The number of aromatic nitrogens is 2. The van der Waals surface area contributed by atoms with Crippen LogP contribution in [0.5, 0.6) is 0 Å². The Hall–Kier alpha value is -1.80. The first-order chi connectivity index (χ1) is 9.88. The van der Waals surface area contributed by atoms with Crippen molar-refractivity contribution in [2.24, 2.45) is 0 Å². The fourth-order valence-corrected chi connectivity index (χ4v) is 3.62. The van der Waals surface area contributed by atoms with Crippen LogP contribution in [0.3, 0.4) is 0 Å². The molecule has 20 heavy (non-hydrogen) atoms. The van der Waals surface area contributed by atoms with Gasteiger partial charge in [0.25, 0.3) is 5.89 Å². The molecule has 0 amide bonds. The lowest BCUT2D eigenvalue weighted by Gasteiger charge is -2.17. The van der Waals surface area contributed by atoms with E-state index in [1.807, 2.05) is 36.0 Å². The molecule has 1 unspecified atom stereocenters. The topological polar surface area (TPSA) is 62.7 Å². The number of hydrogen-bond donors (Lipinski definition) is 0. The molecule has 0 N–H and O–H groups in total. The lowest BCUT2D eigenvalue weighted by molar-refractivity contribution is 0.420. The van der Waals surface area contributed by atoms with Gasteiger partial charge in [0, 0.05) is 5.56 Å². The van der Waals surface area contributed by atoms with Crippen molar-refractivity contribution in [2.45, 2.75) is 30.9 Å². The molecule has 3 rings (SSSR count). The summed E-state index contributed by atoms with van der Waals surface area (Å²) in [6, 6.07) is 9.87. The van der Waals surface area contributed by atoms with Crippen LogP contribution in [0.25, 0.3) is 11.5 Å². The summed E-state index contributed by atoms with van der Waals surface area (Å²) in [4.78, 5) is 4.54. The Morgan fingerprint density at radius 1 is 1.35 bits per heavy atom. The van der Waals surface area contributed by atoms with Gasteiger partial charge in [0.1, 0.15) is 0 Å². The van der Waals surface area contributed by atoms with Crippen molar-refractivity contribution in [2.75, 3.05) is 5.75 Å². The Labute approximate surface area is 122 Å². The number of thioether (sulfide) groups is 1. The fraction of sp³-hybridized carbons (Fsp3) is 0.400. The van der Waals surface area contributed by atoms with Crippen LogP contribution < -0.4 is 0 Å². The largest absolute Gasteiger partial charge is 0.334 e. The van der Waals surface area contributed by atoms with Crippen molar-refractivity contribution in [3.05, 3.63) is 35.7 Å². The van der Waals surface area contributed by atoms with Crippen LogP contribution in [0.15, 0.2) is 28.8 Å². The summed E-state index contributed by atoms with van der Waals surface area (Å²) in [5, 5.41) is 13.4. The third kappa shape index (κ3) is 2.70. The van der Waals surface area contributed by atoms with Gasteiger partial charge in [0.05, 0.1) is 17.7 Å². The Kier molecular flexibility index (Phi) is 4.03. The first-order valence-corrected chi connectivity index (χ1v) is 7.84. The van der Waals surface area contributed by atoms with Crippen molar-refractivity contribution in [3.63, 3.8) is 0 Å². The second-order valence-corrected chi connectivity index (χ2v) is 6.12. The Balaban J connectivity index is 1.88. The minimum Gasteiger partial charge on any atom is -0.334 e. The molecular formula is C15H15N3OS. The highest BCUT2D eigenvalue weighted by Crippen LogP contribution is 2.37. The van der Waals surface area contributed by atoms with E-state index in [2.05, 4.69) is 16.2 Å². The molecule has 2 heterocycles. The molecule has 0 bridgehead atoms. The highest BCUT2D eigenvalue weighted by molar-refractivity contribution is 7.99. The van der Waals surface area contributed by atoms with Crippen LogP contribution in [0.1, 0.15) is 35.9 Å². The molecule has 4 nitrogen and oxygen atoms in total. The van der Waals surface area contributed by atoms with E-state index in [4.69, 9.17) is 9.78 Å². The van der Waals surface area contributed by atoms with Crippen LogP contribution in [0.4, 0.5) is 0 Å². The molecule has 0 aliphatic carbocycles. The van der Waals surface area contributed by atoms with Gasteiger partial charge in [-0.25, -0.2) is 0 Å². The quantitative estimate of drug-likeness (QED) is 0.859. The van der Waals surface area contributed by atoms with E-state index in [1.54, 1.807) is 0 Å². The number of nitrogens with zero attached hydrogens (tertiary/aromatic N) is 3. The lowest BCUT2D eigenvalue weighted by Crippen LogP contribution is -2.03. The maximum Gasteiger partial charge on any atom is 0.258 e. The molecule has 1 fully saturated rings. The van der Waals surface area contributed by atoms with Crippen molar-refractivity contribution < 1.29 is 4.52 Å². The van der Waals surface area contributed by atoms with Gasteiger partial charge in [-0.2, -0.15) is 22.0 Å². The summed E-state index contributed by atoms with van der Waals surface area (Å²) in [7, 11) is 0. The van der Waals surface area contributed by atoms with Crippen molar-refractivity contribution in [3.8, 4) is 17.5 Å². The molecule has 102 valence electrons. The molecule has 1 aromatic carbocycles. The zero-order valence-corrected chi connectivity index (χ0v) is 11.9. The lowest BCUT2D eigenvalue weighted by atomic mass is 10.1. The SMILES string of the molecule is N#CCc1ccccc1-c1nc(C2CCCCS2)no1. The normalized spacial score (nSPS) is 18.6. The molecule has 2 aromatic rings. The van der Waals surface area contributed by atoms with E-state index in [0.717, 1.165) is 23.4 Å². The number of hydrogen-bond acceptors (Lipinski definition) is 5. The van der Waals surface area contributed by atoms with Gasteiger partial charge in [0.2, 0.25) is 0 Å². The van der Waals surface area contributed by atoms with Crippen molar-refractivity contribution >= 4 is 11.8 Å². The van der Waals surface area contributed by atoms with E-state index in [0.29, 0.717) is 17.6 Å². The molecule has 1 atom stereocenters.